The summed E-state index contributed by atoms with van der Waals surface area (Å²) in [5.41, 5.74) is 0. The Morgan fingerprint density at radius 1 is 1.38 bits per heavy atom. The number of unbranched alkanes of at least 4 members (excludes halogenated alkanes) is 1. The lowest BCUT2D eigenvalue weighted by molar-refractivity contribution is 0.511. The van der Waals surface area contributed by atoms with E-state index in [0.29, 0.717) is 4.87 Å². The Kier molecular flexibility index (Phi) is 4.89. The first kappa shape index (κ1) is 11.1. The molecular formula is C11H21NS. The predicted octanol–water partition coefficient (Wildman–Crippen LogP) is 3.18. The Labute approximate surface area is 86.4 Å². The lowest BCUT2D eigenvalue weighted by Crippen LogP contribution is -2.33. The van der Waals surface area contributed by atoms with Crippen molar-refractivity contribution in [2.45, 2.75) is 44.4 Å². The van der Waals surface area contributed by atoms with Crippen LogP contribution in [0.1, 0.15) is 39.5 Å². The molecule has 0 saturated carbocycles. The van der Waals surface area contributed by atoms with E-state index in [1.165, 1.54) is 38.0 Å². The first-order chi connectivity index (χ1) is 6.27. The molecule has 1 saturated heterocycles. The molecule has 1 unspecified atom stereocenters. The van der Waals surface area contributed by atoms with E-state index in [1.54, 1.807) is 0 Å². The molecule has 0 amide bonds. The number of hydrogen-bond donors (Lipinski definition) is 1. The van der Waals surface area contributed by atoms with Crippen molar-refractivity contribution in [1.29, 1.82) is 0 Å². The van der Waals surface area contributed by atoms with Gasteiger partial charge in [0.15, 0.2) is 0 Å². The van der Waals surface area contributed by atoms with Crippen LogP contribution in [0.25, 0.3) is 0 Å². The molecule has 1 N–H and O–H groups in total. The van der Waals surface area contributed by atoms with Crippen LogP contribution in [0.3, 0.4) is 0 Å². The smallest absolute Gasteiger partial charge is 0.0620 e. The van der Waals surface area contributed by atoms with Crippen molar-refractivity contribution in [1.82, 2.24) is 5.32 Å². The zero-order chi connectivity index (χ0) is 9.57. The second kappa shape index (κ2) is 5.71. The molecule has 0 spiro atoms. The zero-order valence-electron chi connectivity index (χ0n) is 8.81. The second-order valence-electron chi connectivity index (χ2n) is 3.80. The monoisotopic (exact) mass is 199 g/mol. The molecule has 1 nitrogen and oxygen atoms in total. The molecule has 76 valence electrons. The van der Waals surface area contributed by atoms with E-state index in [9.17, 15) is 0 Å². The summed E-state index contributed by atoms with van der Waals surface area (Å²) in [6, 6.07) is 0. The highest BCUT2D eigenvalue weighted by Gasteiger charge is 2.27. The van der Waals surface area contributed by atoms with Crippen LogP contribution >= 0.6 is 11.8 Å². The molecule has 0 aromatic carbocycles. The highest BCUT2D eigenvalue weighted by molar-refractivity contribution is 8.00. The molecule has 0 radical (unpaired) electrons. The maximum atomic E-state index is 3.55. The molecule has 0 aromatic heterocycles. The van der Waals surface area contributed by atoms with Gasteiger partial charge in [-0.2, -0.15) is 0 Å². The van der Waals surface area contributed by atoms with Crippen LogP contribution in [-0.2, 0) is 0 Å². The maximum Gasteiger partial charge on any atom is 0.0620 e. The summed E-state index contributed by atoms with van der Waals surface area (Å²) < 4.78 is 0. The SMILES string of the molecule is CCC/C=C/CCC1(C)NCCS1. The van der Waals surface area contributed by atoms with Crippen molar-refractivity contribution in [3.8, 4) is 0 Å². The van der Waals surface area contributed by atoms with Gasteiger partial charge in [0.1, 0.15) is 0 Å². The molecule has 2 heteroatoms. The first-order valence-corrected chi connectivity index (χ1v) is 6.29. The Hall–Kier alpha value is 0.0500. The van der Waals surface area contributed by atoms with Gasteiger partial charge in [-0.25, -0.2) is 0 Å². The minimum Gasteiger partial charge on any atom is -0.302 e. The average Bonchev–Trinajstić information content (AvgIpc) is 2.53. The van der Waals surface area contributed by atoms with Gasteiger partial charge >= 0.3 is 0 Å². The molecular weight excluding hydrogens is 178 g/mol. The molecule has 1 aliphatic rings. The van der Waals surface area contributed by atoms with Crippen LogP contribution in [0.4, 0.5) is 0 Å². The predicted molar refractivity (Wildman–Crippen MR) is 62.1 cm³/mol. The summed E-state index contributed by atoms with van der Waals surface area (Å²) in [7, 11) is 0. The molecule has 0 bridgehead atoms. The van der Waals surface area contributed by atoms with Gasteiger partial charge < -0.3 is 5.32 Å². The van der Waals surface area contributed by atoms with Crippen LogP contribution in [-0.4, -0.2) is 17.2 Å². The van der Waals surface area contributed by atoms with Crippen LogP contribution in [0.2, 0.25) is 0 Å². The van der Waals surface area contributed by atoms with Crippen molar-refractivity contribution in [2.75, 3.05) is 12.3 Å². The quantitative estimate of drug-likeness (QED) is 0.683. The van der Waals surface area contributed by atoms with E-state index < -0.39 is 0 Å². The summed E-state index contributed by atoms with van der Waals surface area (Å²) in [5, 5.41) is 3.55. The third kappa shape index (κ3) is 4.19. The minimum atomic E-state index is 0.358. The van der Waals surface area contributed by atoms with Crippen LogP contribution in [0.15, 0.2) is 12.2 Å². The molecule has 1 aliphatic heterocycles. The van der Waals surface area contributed by atoms with E-state index in [4.69, 9.17) is 0 Å². The maximum absolute atomic E-state index is 3.55. The van der Waals surface area contributed by atoms with Crippen molar-refractivity contribution in [3.63, 3.8) is 0 Å². The highest BCUT2D eigenvalue weighted by Crippen LogP contribution is 2.31. The van der Waals surface area contributed by atoms with Gasteiger partial charge in [0.2, 0.25) is 0 Å². The molecule has 1 rings (SSSR count). The van der Waals surface area contributed by atoms with E-state index in [1.807, 2.05) is 0 Å². The Morgan fingerprint density at radius 3 is 2.77 bits per heavy atom. The molecule has 0 aliphatic carbocycles. The standard InChI is InChI=1S/C11H21NS/c1-3-4-5-6-7-8-11(2)12-9-10-13-11/h5-6,12H,3-4,7-10H2,1-2H3/b6-5+. The largest absolute Gasteiger partial charge is 0.302 e. The van der Waals surface area contributed by atoms with Crippen molar-refractivity contribution in [3.05, 3.63) is 12.2 Å². The van der Waals surface area contributed by atoms with Crippen molar-refractivity contribution in [2.24, 2.45) is 0 Å². The summed E-state index contributed by atoms with van der Waals surface area (Å²) in [4.78, 5) is 0.358. The number of hydrogen-bond acceptors (Lipinski definition) is 2. The normalized spacial score (nSPS) is 28.8. The van der Waals surface area contributed by atoms with Crippen LogP contribution in [0, 0.1) is 0 Å². The molecule has 1 heterocycles. The first-order valence-electron chi connectivity index (χ1n) is 5.31. The van der Waals surface area contributed by atoms with Gasteiger partial charge in [-0.05, 0) is 26.2 Å². The lowest BCUT2D eigenvalue weighted by Gasteiger charge is -2.22. The van der Waals surface area contributed by atoms with Gasteiger partial charge in [0, 0.05) is 12.3 Å². The molecule has 13 heavy (non-hydrogen) atoms. The fourth-order valence-corrected chi connectivity index (χ4v) is 2.69. The van der Waals surface area contributed by atoms with Gasteiger partial charge in [-0.3, -0.25) is 0 Å². The minimum absolute atomic E-state index is 0.358. The summed E-state index contributed by atoms with van der Waals surface area (Å²) in [5.74, 6) is 1.27. The van der Waals surface area contributed by atoms with Crippen LogP contribution < -0.4 is 5.32 Å². The van der Waals surface area contributed by atoms with E-state index in [2.05, 4.69) is 43.1 Å². The van der Waals surface area contributed by atoms with Gasteiger partial charge in [-0.15, -0.1) is 11.8 Å². The summed E-state index contributed by atoms with van der Waals surface area (Å²) in [6.45, 7) is 5.72. The van der Waals surface area contributed by atoms with E-state index >= 15 is 0 Å². The van der Waals surface area contributed by atoms with Crippen LogP contribution in [0.5, 0.6) is 0 Å². The fourth-order valence-electron chi connectivity index (χ4n) is 1.56. The number of allylic oxidation sites excluding steroid dienone is 2. The Bertz CT molecular complexity index is 159. The molecule has 1 fully saturated rings. The number of nitrogens with one attached hydrogen (secondary N) is 1. The van der Waals surface area contributed by atoms with Gasteiger partial charge in [-0.1, -0.05) is 25.5 Å². The molecule has 1 atom stereocenters. The van der Waals surface area contributed by atoms with Gasteiger partial charge in [0.05, 0.1) is 4.87 Å². The Morgan fingerprint density at radius 2 is 2.15 bits per heavy atom. The third-order valence-electron chi connectivity index (χ3n) is 2.43. The zero-order valence-corrected chi connectivity index (χ0v) is 9.62. The highest BCUT2D eigenvalue weighted by atomic mass is 32.2. The van der Waals surface area contributed by atoms with Gasteiger partial charge in [0.25, 0.3) is 0 Å². The molecule has 0 aromatic rings. The van der Waals surface area contributed by atoms with Crippen molar-refractivity contribution >= 4 is 11.8 Å². The topological polar surface area (TPSA) is 12.0 Å². The Balaban J connectivity index is 2.10. The number of rotatable bonds is 5. The summed E-state index contributed by atoms with van der Waals surface area (Å²) in [6.07, 6.45) is 9.62. The number of thioether (sulfide) groups is 1. The third-order valence-corrected chi connectivity index (χ3v) is 3.83. The second-order valence-corrected chi connectivity index (χ2v) is 5.40. The fraction of sp³-hybridized carbons (Fsp3) is 0.818. The van der Waals surface area contributed by atoms with Crippen molar-refractivity contribution < 1.29 is 0 Å². The lowest BCUT2D eigenvalue weighted by atomic mass is 10.1. The van der Waals surface area contributed by atoms with E-state index in [-0.39, 0.29) is 0 Å². The summed E-state index contributed by atoms with van der Waals surface area (Å²) >= 11 is 2.06. The van der Waals surface area contributed by atoms with E-state index in [0.717, 1.165) is 0 Å². The average molecular weight is 199 g/mol.